The highest BCUT2D eigenvalue weighted by atomic mass is 16.3. The lowest BCUT2D eigenvalue weighted by Gasteiger charge is -2.18. The van der Waals surface area contributed by atoms with Crippen molar-refractivity contribution in [3.8, 4) is 5.75 Å². The van der Waals surface area contributed by atoms with E-state index in [-0.39, 0.29) is 30.4 Å². The first-order valence-corrected chi connectivity index (χ1v) is 8.21. The lowest BCUT2D eigenvalue weighted by molar-refractivity contribution is -0.131. The number of nitrogens with zero attached hydrogens (tertiary/aromatic N) is 3. The number of hydrogen-bond acceptors (Lipinski definition) is 3. The van der Waals surface area contributed by atoms with E-state index in [1.54, 1.807) is 29.8 Å². The molecule has 1 N–H and O–H groups in total. The van der Waals surface area contributed by atoms with Crippen LogP contribution < -0.4 is 5.69 Å². The largest absolute Gasteiger partial charge is 0.508 e. The van der Waals surface area contributed by atoms with Gasteiger partial charge in [0, 0.05) is 25.7 Å². The Morgan fingerprint density at radius 2 is 1.64 bits per heavy atom. The number of benzene rings is 2. The average Bonchev–Trinajstić information content (AvgIpc) is 2.88. The first kappa shape index (κ1) is 16.8. The Morgan fingerprint density at radius 3 is 2.28 bits per heavy atom. The fourth-order valence-corrected chi connectivity index (χ4v) is 2.98. The van der Waals surface area contributed by atoms with E-state index in [1.807, 2.05) is 37.3 Å². The summed E-state index contributed by atoms with van der Waals surface area (Å²) < 4.78 is 3.16. The topological polar surface area (TPSA) is 67.5 Å². The predicted molar refractivity (Wildman–Crippen MR) is 96.5 cm³/mol. The van der Waals surface area contributed by atoms with Gasteiger partial charge in [-0.3, -0.25) is 13.9 Å². The minimum Gasteiger partial charge on any atom is -0.508 e. The summed E-state index contributed by atoms with van der Waals surface area (Å²) in [5.74, 6) is -0.0359. The summed E-state index contributed by atoms with van der Waals surface area (Å²) in [5, 5.41) is 9.86. The minimum atomic E-state index is -0.190. The number of hydrogen-bond donors (Lipinski definition) is 1. The second-order valence-corrected chi connectivity index (χ2v) is 5.98. The zero-order valence-electron chi connectivity index (χ0n) is 14.3. The van der Waals surface area contributed by atoms with Crippen molar-refractivity contribution in [3.05, 3.63) is 64.6 Å². The molecule has 0 spiro atoms. The maximum Gasteiger partial charge on any atom is 0.329 e. The number of phenols is 1. The van der Waals surface area contributed by atoms with Crippen LogP contribution in [0, 0.1) is 0 Å². The van der Waals surface area contributed by atoms with E-state index >= 15 is 0 Å². The maximum atomic E-state index is 12.6. The van der Waals surface area contributed by atoms with E-state index in [9.17, 15) is 14.7 Å². The van der Waals surface area contributed by atoms with Crippen LogP contribution in [0.15, 0.2) is 53.3 Å². The maximum absolute atomic E-state index is 12.6. The van der Waals surface area contributed by atoms with Gasteiger partial charge < -0.3 is 10.0 Å². The van der Waals surface area contributed by atoms with Crippen molar-refractivity contribution >= 4 is 16.9 Å². The number of aromatic nitrogens is 2. The smallest absolute Gasteiger partial charge is 0.329 e. The molecule has 6 heteroatoms. The number of phenolic OH excluding ortho intramolecular Hbond substituents is 1. The molecule has 1 heterocycles. The van der Waals surface area contributed by atoms with Gasteiger partial charge in [-0.1, -0.05) is 30.3 Å². The second-order valence-electron chi connectivity index (χ2n) is 5.98. The Labute approximate surface area is 145 Å². The molecule has 0 unspecified atom stereocenters. The number of carbonyl (C=O) groups is 1. The van der Waals surface area contributed by atoms with Crippen molar-refractivity contribution in [1.29, 1.82) is 0 Å². The van der Waals surface area contributed by atoms with Crippen LogP contribution in [0.5, 0.6) is 5.75 Å². The highest BCUT2D eigenvalue weighted by molar-refractivity contribution is 5.81. The number of aryl methyl sites for hydroxylation is 1. The van der Waals surface area contributed by atoms with Crippen LogP contribution in [0.1, 0.15) is 12.5 Å². The molecule has 0 radical (unpaired) electrons. The third-order valence-corrected chi connectivity index (χ3v) is 4.36. The van der Waals surface area contributed by atoms with Crippen molar-refractivity contribution in [2.45, 2.75) is 26.6 Å². The van der Waals surface area contributed by atoms with Crippen molar-refractivity contribution in [1.82, 2.24) is 14.0 Å². The highest BCUT2D eigenvalue weighted by Gasteiger charge is 2.17. The Balaban J connectivity index is 1.86. The molecule has 130 valence electrons. The molecule has 25 heavy (non-hydrogen) atoms. The van der Waals surface area contributed by atoms with Gasteiger partial charge in [0.15, 0.2) is 0 Å². The number of rotatable bonds is 5. The first-order chi connectivity index (χ1) is 12.0. The molecule has 3 rings (SSSR count). The van der Waals surface area contributed by atoms with Crippen LogP contribution in [0.25, 0.3) is 11.0 Å². The summed E-state index contributed by atoms with van der Waals surface area (Å²) in [5.41, 5.74) is 2.06. The van der Waals surface area contributed by atoms with Crippen LogP contribution in [-0.4, -0.2) is 32.1 Å². The number of aromatic hydroxyl groups is 1. The van der Waals surface area contributed by atoms with E-state index in [4.69, 9.17) is 0 Å². The fraction of sp³-hybridized carbons (Fsp3) is 0.263. The molecule has 0 aliphatic rings. The summed E-state index contributed by atoms with van der Waals surface area (Å²) in [7, 11) is 1.67. The summed E-state index contributed by atoms with van der Waals surface area (Å²) in [6.45, 7) is 2.71. The molecule has 2 aromatic carbocycles. The lowest BCUT2D eigenvalue weighted by atomic mass is 10.2. The number of fused-ring (bicyclic) bond motifs is 1. The molecule has 1 aromatic heterocycles. The van der Waals surface area contributed by atoms with E-state index in [0.717, 1.165) is 11.0 Å². The molecular formula is C19H21N3O3. The van der Waals surface area contributed by atoms with E-state index in [1.165, 1.54) is 9.47 Å². The van der Waals surface area contributed by atoms with Crippen LogP contribution in [0.2, 0.25) is 0 Å². The molecule has 0 aliphatic carbocycles. The number of likely N-dealkylation sites (N-methyl/N-ethyl adjacent to an activating group) is 1. The molecule has 1 amide bonds. The van der Waals surface area contributed by atoms with Crippen molar-refractivity contribution in [2.75, 3.05) is 7.05 Å². The van der Waals surface area contributed by atoms with E-state index in [2.05, 4.69) is 0 Å². The normalized spacial score (nSPS) is 11.0. The summed E-state index contributed by atoms with van der Waals surface area (Å²) in [6.07, 6.45) is 0. The van der Waals surface area contributed by atoms with Crippen LogP contribution in [0.4, 0.5) is 0 Å². The van der Waals surface area contributed by atoms with Gasteiger partial charge in [0.1, 0.15) is 12.3 Å². The van der Waals surface area contributed by atoms with Gasteiger partial charge in [-0.15, -0.1) is 0 Å². The van der Waals surface area contributed by atoms with E-state index < -0.39 is 0 Å². The molecule has 3 aromatic rings. The third kappa shape index (κ3) is 3.15. The fourth-order valence-electron chi connectivity index (χ4n) is 2.98. The predicted octanol–water partition coefficient (Wildman–Crippen LogP) is 2.19. The second kappa shape index (κ2) is 6.84. The van der Waals surface area contributed by atoms with Crippen LogP contribution >= 0.6 is 0 Å². The molecule has 0 atom stereocenters. The molecule has 0 saturated heterocycles. The highest BCUT2D eigenvalue weighted by Crippen LogP contribution is 2.18. The van der Waals surface area contributed by atoms with E-state index in [0.29, 0.717) is 12.1 Å². The lowest BCUT2D eigenvalue weighted by Crippen LogP contribution is -2.34. The Bertz CT molecular complexity index is 971. The zero-order chi connectivity index (χ0) is 18.0. The van der Waals surface area contributed by atoms with Crippen molar-refractivity contribution in [3.63, 3.8) is 0 Å². The van der Waals surface area contributed by atoms with Crippen molar-refractivity contribution < 1.29 is 9.90 Å². The standard InChI is InChI=1S/C19H21N3O3/c1-3-21-15-9-5-6-10-16(15)22(19(21)25)13-18(24)20(2)12-14-8-4-7-11-17(14)23/h4-11,23H,3,12-13H2,1-2H3. The number of carbonyl (C=O) groups excluding carboxylic acids is 1. The Kier molecular flexibility index (Phi) is 4.61. The van der Waals surface area contributed by atoms with Crippen molar-refractivity contribution in [2.24, 2.45) is 0 Å². The van der Waals surface area contributed by atoms with Gasteiger partial charge in [-0.05, 0) is 25.1 Å². The van der Waals surface area contributed by atoms with Gasteiger partial charge in [0.2, 0.25) is 5.91 Å². The third-order valence-electron chi connectivity index (χ3n) is 4.36. The summed E-state index contributed by atoms with van der Waals surface area (Å²) >= 11 is 0. The summed E-state index contributed by atoms with van der Waals surface area (Å²) in [6, 6.07) is 14.4. The quantitative estimate of drug-likeness (QED) is 0.775. The minimum absolute atomic E-state index is 0.0313. The van der Waals surface area contributed by atoms with Crippen LogP contribution in [-0.2, 0) is 24.4 Å². The van der Waals surface area contributed by atoms with Gasteiger partial charge >= 0.3 is 5.69 Å². The van der Waals surface area contributed by atoms with Gasteiger partial charge in [-0.25, -0.2) is 4.79 Å². The zero-order valence-corrected chi connectivity index (χ0v) is 14.3. The first-order valence-electron chi connectivity index (χ1n) is 8.21. The van der Waals surface area contributed by atoms with Crippen LogP contribution in [0.3, 0.4) is 0 Å². The summed E-state index contributed by atoms with van der Waals surface area (Å²) in [4.78, 5) is 26.7. The molecule has 0 bridgehead atoms. The SMILES string of the molecule is CCn1c(=O)n(CC(=O)N(C)Cc2ccccc2O)c2ccccc21. The number of imidazole rings is 1. The Morgan fingerprint density at radius 1 is 1.04 bits per heavy atom. The monoisotopic (exact) mass is 339 g/mol. The molecule has 0 aliphatic heterocycles. The average molecular weight is 339 g/mol. The van der Waals surface area contributed by atoms with Gasteiger partial charge in [0.25, 0.3) is 0 Å². The molecule has 0 fully saturated rings. The number of amides is 1. The van der Waals surface area contributed by atoms with Gasteiger partial charge in [-0.2, -0.15) is 0 Å². The molecule has 6 nitrogen and oxygen atoms in total. The van der Waals surface area contributed by atoms with Gasteiger partial charge in [0.05, 0.1) is 11.0 Å². The Hall–Kier alpha value is -3.02. The molecule has 0 saturated carbocycles. The number of para-hydroxylation sites is 3. The molecular weight excluding hydrogens is 318 g/mol.